The van der Waals surface area contributed by atoms with E-state index in [4.69, 9.17) is 7.93 Å². The summed E-state index contributed by atoms with van der Waals surface area (Å²) in [6.07, 6.45) is 1.89. The van der Waals surface area contributed by atoms with Gasteiger partial charge in [-0.05, 0) is 19.4 Å². The van der Waals surface area contributed by atoms with E-state index in [2.05, 4.69) is 5.73 Å². The summed E-state index contributed by atoms with van der Waals surface area (Å²) in [7, 11) is 0. The van der Waals surface area contributed by atoms with Gasteiger partial charge in [0.2, 0.25) is 0 Å². The summed E-state index contributed by atoms with van der Waals surface area (Å²) in [6.45, 7) is 0.560. The highest BCUT2D eigenvalue weighted by Crippen LogP contribution is 1.96. The molecule has 0 aliphatic carbocycles. The molecule has 4 nitrogen and oxygen atoms in total. The summed E-state index contributed by atoms with van der Waals surface area (Å²) in [5, 5.41) is 8.49. The van der Waals surface area contributed by atoms with E-state index in [9.17, 15) is 4.79 Å². The van der Waals surface area contributed by atoms with Gasteiger partial charge >= 0.3 is 5.97 Å². The minimum Gasteiger partial charge on any atom is -0.480 e. The first kappa shape index (κ1) is 6.12. The van der Waals surface area contributed by atoms with E-state index in [-0.39, 0.29) is 0 Å². The number of hydrogen-bond acceptors (Lipinski definition) is 3. The Hall–Kier alpha value is -0.610. The van der Waals surface area contributed by atoms with Crippen molar-refractivity contribution < 1.29 is 12.7 Å². The Bertz CT molecular complexity index is 135. The number of nitrogens with two attached hydrogens (primary N) is 2. The second kappa shape index (κ2) is 5.20. The van der Waals surface area contributed by atoms with Gasteiger partial charge in [0.05, 0.1) is 0 Å². The molecular weight excluding hydrogens is 132 g/mol. The van der Waals surface area contributed by atoms with E-state index in [1.54, 1.807) is 0 Å². The minimum absolute atomic E-state index is 0.431. The van der Waals surface area contributed by atoms with Crippen LogP contribution in [0.1, 0.15) is 19.3 Å². The summed E-state index contributed by atoms with van der Waals surface area (Å²) in [5.74, 6) is -0.996. The molecule has 0 aromatic heterocycles. The molecule has 5 N–H and O–H groups in total. The van der Waals surface area contributed by atoms with Gasteiger partial charge in [0.25, 0.3) is 0 Å². The molecule has 0 aromatic rings. The molecule has 0 saturated heterocycles. The maximum Gasteiger partial charge on any atom is 0.320 e. The lowest BCUT2D eigenvalue weighted by atomic mass is 10.1. The zero-order chi connectivity index (χ0) is 9.40. The van der Waals surface area contributed by atoms with Crippen LogP contribution in [-0.2, 0) is 4.79 Å². The Labute approximate surface area is 63.1 Å². The summed E-state index contributed by atoms with van der Waals surface area (Å²) < 4.78 is 13.3. The van der Waals surface area contributed by atoms with Crippen LogP contribution in [0.15, 0.2) is 0 Å². The van der Waals surface area contributed by atoms with Gasteiger partial charge in [-0.15, -0.1) is 0 Å². The second-order valence-electron chi connectivity index (χ2n) is 2.14. The molecule has 0 rings (SSSR count). The Kier molecular flexibility index (Phi) is 3.18. The molecule has 0 fully saturated rings. The third-order valence-electron chi connectivity index (χ3n) is 1.22. The predicted molar refractivity (Wildman–Crippen MR) is 38.5 cm³/mol. The topological polar surface area (TPSA) is 89.3 Å². The number of carbonyl (C=O) groups is 1. The number of rotatable bonds is 7. The van der Waals surface area contributed by atoms with Crippen LogP contribution in [0.4, 0.5) is 0 Å². The van der Waals surface area contributed by atoms with Crippen molar-refractivity contribution in [3.63, 3.8) is 0 Å². The van der Waals surface area contributed by atoms with E-state index in [0.29, 0.717) is 19.4 Å². The first-order valence-corrected chi connectivity index (χ1v) is 3.27. The van der Waals surface area contributed by atoms with Crippen LogP contribution in [0, 0.1) is 0 Å². The van der Waals surface area contributed by atoms with Gasteiger partial charge in [-0.3, -0.25) is 4.79 Å². The maximum absolute atomic E-state index is 10.4. The fraction of sp³-hybridized carbons (Fsp3) is 0.833. The van der Waals surface area contributed by atoms with Crippen molar-refractivity contribution in [1.29, 1.82) is 0 Å². The molecule has 0 bridgehead atoms. The molecule has 0 saturated carbocycles. The van der Waals surface area contributed by atoms with Crippen molar-refractivity contribution in [3.8, 4) is 0 Å². The molecule has 4 heteroatoms. The molecule has 0 unspecified atom stereocenters. The molecule has 10 heavy (non-hydrogen) atoms. The molecule has 0 heterocycles. The molecule has 0 amide bonds. The highest BCUT2D eigenvalue weighted by molar-refractivity contribution is 5.72. The third-order valence-corrected chi connectivity index (χ3v) is 1.22. The molecule has 0 aliphatic rings. The second-order valence-corrected chi connectivity index (χ2v) is 2.14. The van der Waals surface area contributed by atoms with Crippen LogP contribution in [-0.4, -0.2) is 23.7 Å². The van der Waals surface area contributed by atoms with Crippen molar-refractivity contribution >= 4 is 5.97 Å². The molecule has 0 radical (unpaired) electrons. The van der Waals surface area contributed by atoms with Gasteiger partial charge in [-0.2, -0.15) is 0 Å². The number of carboxylic acid groups (broad SMARTS) is 1. The fourth-order valence-corrected chi connectivity index (χ4v) is 0.597. The zero-order valence-corrected chi connectivity index (χ0v) is 5.76. The Morgan fingerprint density at radius 3 is 3.00 bits per heavy atom. The minimum atomic E-state index is -0.996. The van der Waals surface area contributed by atoms with E-state index < -0.39 is 12.0 Å². The van der Waals surface area contributed by atoms with Gasteiger partial charge in [0.1, 0.15) is 8.87 Å². The number of unbranched alkanes of at least 4 members (excludes halogenated alkanes) is 1. The average molecular weight is 148 g/mol. The Morgan fingerprint density at radius 1 is 1.70 bits per heavy atom. The highest BCUT2D eigenvalue weighted by atomic mass is 16.4. The van der Waals surface area contributed by atoms with E-state index in [1.807, 2.05) is 5.73 Å². The molecule has 0 aliphatic heterocycles. The van der Waals surface area contributed by atoms with Crippen LogP contribution in [0.5, 0.6) is 0 Å². The molecule has 0 spiro atoms. The Balaban J connectivity index is 3.38. The number of hydrogen-bond donors (Lipinski definition) is 3. The van der Waals surface area contributed by atoms with Crippen molar-refractivity contribution in [2.45, 2.75) is 25.3 Å². The lowest BCUT2D eigenvalue weighted by Crippen LogP contribution is -2.29. The number of aliphatic carboxylic acids is 1. The Morgan fingerprint density at radius 2 is 2.50 bits per heavy atom. The normalized spacial score (nSPS) is 15.6. The molecular formula is C6H14N2O2. The van der Waals surface area contributed by atoms with Crippen molar-refractivity contribution in [2.75, 3.05) is 6.54 Å². The van der Waals surface area contributed by atoms with E-state index in [1.165, 1.54) is 0 Å². The van der Waals surface area contributed by atoms with Gasteiger partial charge in [0.15, 0.2) is 0 Å². The van der Waals surface area contributed by atoms with E-state index in [0.717, 1.165) is 6.42 Å². The van der Waals surface area contributed by atoms with Gasteiger partial charge in [0, 0.05) is 0 Å². The first-order chi connectivity index (χ1) is 5.72. The predicted octanol–water partition coefficient (Wildman–Crippen LogP) is -0.473. The van der Waals surface area contributed by atoms with Crippen LogP contribution >= 0.6 is 0 Å². The van der Waals surface area contributed by atoms with Crippen molar-refractivity contribution in [3.05, 3.63) is 0 Å². The van der Waals surface area contributed by atoms with Crippen LogP contribution in [0.2, 0.25) is 2.82 Å². The van der Waals surface area contributed by atoms with Crippen LogP contribution in [0.25, 0.3) is 0 Å². The largest absolute Gasteiger partial charge is 0.480 e. The lowest BCUT2D eigenvalue weighted by molar-refractivity contribution is -0.138. The van der Waals surface area contributed by atoms with Gasteiger partial charge in [-0.25, -0.2) is 0 Å². The van der Waals surface area contributed by atoms with Crippen molar-refractivity contribution in [1.82, 2.24) is 0 Å². The molecule has 60 valence electrons. The fourth-order valence-electron chi connectivity index (χ4n) is 0.597. The highest BCUT2D eigenvalue weighted by Gasteiger charge is 2.09. The van der Waals surface area contributed by atoms with E-state index >= 15 is 0 Å². The maximum atomic E-state index is 10.4. The van der Waals surface area contributed by atoms with Crippen molar-refractivity contribution in [2.24, 2.45) is 11.5 Å². The average Bonchev–Trinajstić information content (AvgIpc) is 2.04. The summed E-state index contributed by atoms with van der Waals surface area (Å²) in [4.78, 5) is 10.4. The zero-order valence-electron chi connectivity index (χ0n) is 7.76. The van der Waals surface area contributed by atoms with Gasteiger partial charge in [-0.1, -0.05) is 6.42 Å². The SMILES string of the molecule is [2H]NCCCC[C@H](N[2H])C(=O)O. The smallest absolute Gasteiger partial charge is 0.320 e. The van der Waals surface area contributed by atoms with Crippen LogP contribution < -0.4 is 11.5 Å². The van der Waals surface area contributed by atoms with Gasteiger partial charge < -0.3 is 16.6 Å². The molecule has 0 aromatic carbocycles. The number of carboxylic acids is 1. The summed E-state index contributed by atoms with van der Waals surface area (Å²) in [6, 6.07) is -0.782. The summed E-state index contributed by atoms with van der Waals surface area (Å²) >= 11 is 0. The molecule has 1 atom stereocenters. The monoisotopic (exact) mass is 148 g/mol. The van der Waals surface area contributed by atoms with Crippen LogP contribution in [0.3, 0.4) is 0 Å². The first-order valence-electron chi connectivity index (χ1n) is 4.27. The summed E-state index contributed by atoms with van der Waals surface area (Å²) in [5.41, 5.74) is 4.19. The standard InChI is InChI=1S/C6H14N2O2/c7-4-2-1-3-5(8)6(9)10/h5H,1-4,7-8H2,(H,9,10)/t5-/m0/s1/i/hD2. The quantitative estimate of drug-likeness (QED) is 0.426. The third kappa shape index (κ3) is 4.29. The lowest BCUT2D eigenvalue weighted by Gasteiger charge is -2.03.